The van der Waals surface area contributed by atoms with Crippen LogP contribution in [0.5, 0.6) is 0 Å². The van der Waals surface area contributed by atoms with Crippen molar-refractivity contribution < 1.29 is 18.7 Å². The zero-order chi connectivity index (χ0) is 23.8. The molecule has 3 aromatic rings. The van der Waals surface area contributed by atoms with E-state index in [0.717, 1.165) is 11.3 Å². The molecular weight excluding hydrogens is 444 g/mol. The Kier molecular flexibility index (Phi) is 8.43. The van der Waals surface area contributed by atoms with Crippen molar-refractivity contribution in [3.63, 3.8) is 0 Å². The van der Waals surface area contributed by atoms with Crippen molar-refractivity contribution >= 4 is 23.3 Å². The first-order valence-corrected chi connectivity index (χ1v) is 11.0. The van der Waals surface area contributed by atoms with E-state index in [1.807, 2.05) is 39.0 Å². The van der Waals surface area contributed by atoms with Gasteiger partial charge in [0.25, 0.3) is 0 Å². The van der Waals surface area contributed by atoms with Gasteiger partial charge in [-0.3, -0.25) is 4.98 Å². The lowest BCUT2D eigenvalue weighted by Gasteiger charge is -2.12. The maximum atomic E-state index is 12.4. The Balaban J connectivity index is 1.63. The third-order valence-electron chi connectivity index (χ3n) is 4.61. The molecule has 9 heteroatoms. The highest BCUT2D eigenvalue weighted by Gasteiger charge is 2.24. The first kappa shape index (κ1) is 24.7. The first-order valence-electron chi connectivity index (χ1n) is 10.6. The van der Waals surface area contributed by atoms with E-state index in [4.69, 9.17) is 25.5 Å². The standard InChI is InChI=1S/C24H29ClN4O4/c1-24(2,3)22-29-21(16-6-5-7-17(25)12-16)20(33-22)14-27-23(30)28-18-8-9-19(26-13-18)15-32-11-10-31-4/h5-9,12-13H,10-11,14-15H2,1-4H3,(H2,27,28,30). The summed E-state index contributed by atoms with van der Waals surface area (Å²) in [5.41, 5.74) is 2.53. The maximum Gasteiger partial charge on any atom is 0.319 e. The molecule has 0 unspecified atom stereocenters. The maximum absolute atomic E-state index is 12.4. The summed E-state index contributed by atoms with van der Waals surface area (Å²) < 4.78 is 16.4. The van der Waals surface area contributed by atoms with Crippen LogP contribution in [0.25, 0.3) is 11.3 Å². The fraction of sp³-hybridized carbons (Fsp3) is 0.375. The summed E-state index contributed by atoms with van der Waals surface area (Å²) in [6, 6.07) is 10.6. The minimum absolute atomic E-state index is 0.162. The number of halogens is 1. The number of hydrogen-bond acceptors (Lipinski definition) is 6. The predicted octanol–water partition coefficient (Wildman–Crippen LogP) is 5.17. The Morgan fingerprint density at radius 1 is 1.18 bits per heavy atom. The van der Waals surface area contributed by atoms with Gasteiger partial charge in [0.05, 0.1) is 43.9 Å². The van der Waals surface area contributed by atoms with Gasteiger partial charge in [-0.1, -0.05) is 44.5 Å². The number of methoxy groups -OCH3 is 1. The molecule has 1 aromatic carbocycles. The molecule has 176 valence electrons. The molecule has 2 N–H and O–H groups in total. The molecule has 0 aliphatic carbocycles. The molecule has 0 saturated heterocycles. The summed E-state index contributed by atoms with van der Waals surface area (Å²) in [5.74, 6) is 1.14. The Morgan fingerprint density at radius 2 is 2.00 bits per heavy atom. The minimum Gasteiger partial charge on any atom is -0.443 e. The number of amides is 2. The fourth-order valence-electron chi connectivity index (χ4n) is 2.89. The molecular formula is C24H29ClN4O4. The zero-order valence-corrected chi connectivity index (χ0v) is 20.0. The summed E-state index contributed by atoms with van der Waals surface area (Å²) in [5, 5.41) is 6.18. The molecule has 0 fully saturated rings. The van der Waals surface area contributed by atoms with E-state index in [1.54, 1.807) is 31.5 Å². The molecule has 33 heavy (non-hydrogen) atoms. The quantitative estimate of drug-likeness (QED) is 0.417. The second kappa shape index (κ2) is 11.3. The number of carbonyl (C=O) groups is 1. The highest BCUT2D eigenvalue weighted by Crippen LogP contribution is 2.31. The Labute approximate surface area is 198 Å². The Bertz CT molecular complexity index is 1060. The molecule has 2 amide bonds. The smallest absolute Gasteiger partial charge is 0.319 e. The van der Waals surface area contributed by atoms with Gasteiger partial charge in [-0.05, 0) is 24.3 Å². The second-order valence-electron chi connectivity index (χ2n) is 8.44. The molecule has 0 aliphatic rings. The fourth-order valence-corrected chi connectivity index (χ4v) is 3.08. The number of hydrogen-bond donors (Lipinski definition) is 2. The third-order valence-corrected chi connectivity index (χ3v) is 4.85. The molecule has 0 radical (unpaired) electrons. The minimum atomic E-state index is -0.383. The van der Waals surface area contributed by atoms with Gasteiger partial charge in [-0.15, -0.1) is 0 Å². The van der Waals surface area contributed by atoms with Crippen LogP contribution in [0.15, 0.2) is 47.0 Å². The van der Waals surface area contributed by atoms with Crippen LogP contribution in [0.3, 0.4) is 0 Å². The first-order chi connectivity index (χ1) is 15.8. The Morgan fingerprint density at radius 3 is 2.67 bits per heavy atom. The molecule has 2 aromatic heterocycles. The third kappa shape index (κ3) is 7.28. The van der Waals surface area contributed by atoms with E-state index >= 15 is 0 Å². The number of anilines is 1. The van der Waals surface area contributed by atoms with Crippen LogP contribution in [0.1, 0.15) is 38.1 Å². The summed E-state index contributed by atoms with van der Waals surface area (Å²) in [4.78, 5) is 21.4. The topological polar surface area (TPSA) is 98.5 Å². The average molecular weight is 473 g/mol. The number of pyridine rings is 1. The lowest BCUT2D eigenvalue weighted by Crippen LogP contribution is -2.28. The lowest BCUT2D eigenvalue weighted by molar-refractivity contribution is 0.0602. The van der Waals surface area contributed by atoms with Gasteiger partial charge in [-0.25, -0.2) is 9.78 Å². The molecule has 2 heterocycles. The largest absolute Gasteiger partial charge is 0.443 e. The van der Waals surface area contributed by atoms with E-state index in [1.165, 1.54) is 0 Å². The summed E-state index contributed by atoms with van der Waals surface area (Å²) >= 11 is 6.16. The zero-order valence-electron chi connectivity index (χ0n) is 19.3. The van der Waals surface area contributed by atoms with Gasteiger partial charge in [0.15, 0.2) is 11.7 Å². The van der Waals surface area contributed by atoms with E-state index in [9.17, 15) is 4.79 Å². The van der Waals surface area contributed by atoms with E-state index < -0.39 is 0 Å². The highest BCUT2D eigenvalue weighted by atomic mass is 35.5. The number of carbonyl (C=O) groups excluding carboxylic acids is 1. The van der Waals surface area contributed by atoms with Gasteiger partial charge in [0, 0.05) is 23.1 Å². The SMILES string of the molecule is COCCOCc1ccc(NC(=O)NCc2oc(C(C)(C)C)nc2-c2cccc(Cl)c2)cn1. The number of nitrogens with one attached hydrogen (secondary N) is 2. The van der Waals surface area contributed by atoms with Crippen molar-refractivity contribution in [2.24, 2.45) is 0 Å². The van der Waals surface area contributed by atoms with Crippen molar-refractivity contribution in [3.05, 3.63) is 65.0 Å². The molecule has 8 nitrogen and oxygen atoms in total. The van der Waals surface area contributed by atoms with Gasteiger partial charge in [-0.2, -0.15) is 0 Å². The molecule has 3 rings (SSSR count). The van der Waals surface area contributed by atoms with Crippen LogP contribution in [0.2, 0.25) is 5.02 Å². The van der Waals surface area contributed by atoms with E-state index in [0.29, 0.717) is 47.9 Å². The van der Waals surface area contributed by atoms with E-state index in [2.05, 4.69) is 20.6 Å². The molecule has 0 atom stereocenters. The summed E-state index contributed by atoms with van der Waals surface area (Å²) in [6.45, 7) is 7.62. The van der Waals surface area contributed by atoms with E-state index in [-0.39, 0.29) is 18.0 Å². The van der Waals surface area contributed by atoms with Crippen LogP contribution < -0.4 is 10.6 Å². The number of ether oxygens (including phenoxy) is 2. The monoisotopic (exact) mass is 472 g/mol. The predicted molar refractivity (Wildman–Crippen MR) is 127 cm³/mol. The lowest BCUT2D eigenvalue weighted by atomic mass is 9.97. The van der Waals surface area contributed by atoms with Crippen molar-refractivity contribution in [1.29, 1.82) is 0 Å². The van der Waals surface area contributed by atoms with Crippen LogP contribution in [0, 0.1) is 0 Å². The molecule has 0 saturated carbocycles. The summed E-state index contributed by atoms with van der Waals surface area (Å²) in [6.07, 6.45) is 1.58. The number of urea groups is 1. The average Bonchev–Trinajstić information content (AvgIpc) is 3.21. The van der Waals surface area contributed by atoms with Crippen LogP contribution in [0.4, 0.5) is 10.5 Å². The number of aromatic nitrogens is 2. The van der Waals surface area contributed by atoms with Gasteiger partial charge >= 0.3 is 6.03 Å². The Hall–Kier alpha value is -2.94. The van der Waals surface area contributed by atoms with Crippen LogP contribution in [-0.2, 0) is 28.0 Å². The summed E-state index contributed by atoms with van der Waals surface area (Å²) in [7, 11) is 1.62. The molecule has 0 bridgehead atoms. The normalized spacial score (nSPS) is 11.4. The van der Waals surface area contributed by atoms with Crippen molar-refractivity contribution in [2.45, 2.75) is 39.3 Å². The number of oxazole rings is 1. The number of nitrogens with zero attached hydrogens (tertiary/aromatic N) is 2. The van der Waals surface area contributed by atoms with Gasteiger partial charge in [0.2, 0.25) is 0 Å². The second-order valence-corrected chi connectivity index (χ2v) is 8.88. The van der Waals surface area contributed by atoms with Gasteiger partial charge < -0.3 is 24.5 Å². The van der Waals surface area contributed by atoms with Crippen molar-refractivity contribution in [1.82, 2.24) is 15.3 Å². The molecule has 0 spiro atoms. The number of rotatable bonds is 9. The van der Waals surface area contributed by atoms with Crippen molar-refractivity contribution in [3.8, 4) is 11.3 Å². The van der Waals surface area contributed by atoms with Crippen LogP contribution in [-0.4, -0.2) is 36.3 Å². The highest BCUT2D eigenvalue weighted by molar-refractivity contribution is 6.30. The van der Waals surface area contributed by atoms with Crippen molar-refractivity contribution in [2.75, 3.05) is 25.6 Å². The van der Waals surface area contributed by atoms with Crippen LogP contribution >= 0.6 is 11.6 Å². The molecule has 0 aliphatic heterocycles. The number of benzene rings is 1. The van der Waals surface area contributed by atoms with Gasteiger partial charge in [0.1, 0.15) is 5.69 Å².